The zero-order valence-corrected chi connectivity index (χ0v) is 12.3. The fraction of sp³-hybridized carbons (Fsp3) is 0.933. The molecule has 1 saturated carbocycles. The zero-order chi connectivity index (χ0) is 13.7. The van der Waals surface area contributed by atoms with Crippen LogP contribution in [0, 0.1) is 5.41 Å². The Hall–Kier alpha value is -0.610. The quantitative estimate of drug-likeness (QED) is 0.818. The second kappa shape index (κ2) is 6.71. The topological polar surface area (TPSA) is 50.4 Å². The first-order valence-corrected chi connectivity index (χ1v) is 7.67. The molecule has 2 aliphatic rings. The van der Waals surface area contributed by atoms with Crippen LogP contribution >= 0.6 is 0 Å². The summed E-state index contributed by atoms with van der Waals surface area (Å²) in [7, 11) is 0. The highest BCUT2D eigenvalue weighted by atomic mass is 16.5. The number of ether oxygens (including phenoxy) is 1. The summed E-state index contributed by atoms with van der Waals surface area (Å²) in [4.78, 5) is 11.9. The van der Waals surface area contributed by atoms with Gasteiger partial charge in [0, 0.05) is 6.04 Å². The molecule has 19 heavy (non-hydrogen) atoms. The SMILES string of the molecule is CC1(C)CCC(NC(=O)COC2CCNCC2)CC1. The van der Waals surface area contributed by atoms with E-state index in [0.29, 0.717) is 11.5 Å². The predicted octanol–water partition coefficient (Wildman–Crippen LogP) is 1.84. The molecule has 0 aromatic carbocycles. The highest BCUT2D eigenvalue weighted by Gasteiger charge is 2.27. The van der Waals surface area contributed by atoms with Crippen molar-refractivity contribution in [2.24, 2.45) is 5.41 Å². The monoisotopic (exact) mass is 268 g/mol. The normalized spacial score (nSPS) is 25.2. The molecule has 2 fully saturated rings. The van der Waals surface area contributed by atoms with Gasteiger partial charge >= 0.3 is 0 Å². The Morgan fingerprint density at radius 1 is 1.21 bits per heavy atom. The number of hydrogen-bond donors (Lipinski definition) is 2. The first-order valence-electron chi connectivity index (χ1n) is 7.67. The summed E-state index contributed by atoms with van der Waals surface area (Å²) in [6.45, 7) is 6.86. The molecule has 4 nitrogen and oxygen atoms in total. The maximum atomic E-state index is 11.9. The molecular weight excluding hydrogens is 240 g/mol. The highest BCUT2D eigenvalue weighted by Crippen LogP contribution is 2.34. The van der Waals surface area contributed by atoms with Gasteiger partial charge in [0.15, 0.2) is 0 Å². The summed E-state index contributed by atoms with van der Waals surface area (Å²) >= 11 is 0. The average Bonchev–Trinajstić information content (AvgIpc) is 2.40. The van der Waals surface area contributed by atoms with Crippen LogP contribution in [0.3, 0.4) is 0 Å². The van der Waals surface area contributed by atoms with Crippen LogP contribution in [0.15, 0.2) is 0 Å². The maximum Gasteiger partial charge on any atom is 0.246 e. The number of rotatable bonds is 4. The minimum atomic E-state index is 0.0586. The largest absolute Gasteiger partial charge is 0.368 e. The van der Waals surface area contributed by atoms with Crippen molar-refractivity contribution >= 4 is 5.91 Å². The Kier molecular flexibility index (Phi) is 5.22. The van der Waals surface area contributed by atoms with Crippen molar-refractivity contribution in [3.8, 4) is 0 Å². The Balaban J connectivity index is 1.61. The predicted molar refractivity (Wildman–Crippen MR) is 76.0 cm³/mol. The van der Waals surface area contributed by atoms with Gasteiger partial charge in [-0.15, -0.1) is 0 Å². The zero-order valence-electron chi connectivity index (χ0n) is 12.3. The van der Waals surface area contributed by atoms with Crippen molar-refractivity contribution in [2.45, 2.75) is 64.5 Å². The molecule has 0 aromatic rings. The molecule has 1 amide bonds. The van der Waals surface area contributed by atoms with Crippen LogP contribution in [0.1, 0.15) is 52.4 Å². The summed E-state index contributed by atoms with van der Waals surface area (Å²) < 4.78 is 5.68. The summed E-state index contributed by atoms with van der Waals surface area (Å²) in [5.74, 6) is 0.0586. The molecule has 2 N–H and O–H groups in total. The van der Waals surface area contributed by atoms with Gasteiger partial charge in [0.1, 0.15) is 6.61 Å². The molecule has 1 aliphatic carbocycles. The Morgan fingerprint density at radius 3 is 2.47 bits per heavy atom. The van der Waals surface area contributed by atoms with E-state index in [1.165, 1.54) is 12.8 Å². The van der Waals surface area contributed by atoms with Crippen LogP contribution in [0.4, 0.5) is 0 Å². The van der Waals surface area contributed by atoms with Gasteiger partial charge in [-0.1, -0.05) is 13.8 Å². The number of amides is 1. The number of carbonyl (C=O) groups excluding carboxylic acids is 1. The first kappa shape index (κ1) is 14.8. The molecule has 0 bridgehead atoms. The van der Waals surface area contributed by atoms with Crippen molar-refractivity contribution in [3.63, 3.8) is 0 Å². The molecule has 0 aromatic heterocycles. The summed E-state index contributed by atoms with van der Waals surface area (Å²) in [5, 5.41) is 6.41. The average molecular weight is 268 g/mol. The lowest BCUT2D eigenvalue weighted by Gasteiger charge is -2.34. The lowest BCUT2D eigenvalue weighted by molar-refractivity contribution is -0.129. The van der Waals surface area contributed by atoms with Gasteiger partial charge in [0.2, 0.25) is 5.91 Å². The molecule has 110 valence electrons. The number of carbonyl (C=O) groups is 1. The molecule has 0 spiro atoms. The molecular formula is C15H28N2O2. The van der Waals surface area contributed by atoms with E-state index in [-0.39, 0.29) is 18.6 Å². The van der Waals surface area contributed by atoms with Gasteiger partial charge < -0.3 is 15.4 Å². The maximum absolute atomic E-state index is 11.9. The van der Waals surface area contributed by atoms with Crippen LogP contribution in [0.25, 0.3) is 0 Å². The molecule has 2 rings (SSSR count). The van der Waals surface area contributed by atoms with E-state index in [4.69, 9.17) is 4.74 Å². The number of hydrogen-bond acceptors (Lipinski definition) is 3. The highest BCUT2D eigenvalue weighted by molar-refractivity contribution is 5.77. The fourth-order valence-corrected chi connectivity index (χ4v) is 2.97. The van der Waals surface area contributed by atoms with E-state index in [0.717, 1.165) is 38.8 Å². The minimum Gasteiger partial charge on any atom is -0.368 e. The van der Waals surface area contributed by atoms with Crippen LogP contribution in [-0.4, -0.2) is 37.7 Å². The Morgan fingerprint density at radius 2 is 1.84 bits per heavy atom. The van der Waals surface area contributed by atoms with Gasteiger partial charge in [-0.2, -0.15) is 0 Å². The van der Waals surface area contributed by atoms with Crippen molar-refractivity contribution < 1.29 is 9.53 Å². The lowest BCUT2D eigenvalue weighted by Crippen LogP contribution is -2.42. The van der Waals surface area contributed by atoms with E-state index in [1.54, 1.807) is 0 Å². The third-order valence-electron chi connectivity index (χ3n) is 4.44. The molecule has 0 unspecified atom stereocenters. The summed E-state index contributed by atoms with van der Waals surface area (Å²) in [5.41, 5.74) is 0.451. The van der Waals surface area contributed by atoms with E-state index >= 15 is 0 Å². The van der Waals surface area contributed by atoms with Gasteiger partial charge in [0.25, 0.3) is 0 Å². The van der Waals surface area contributed by atoms with E-state index < -0.39 is 0 Å². The molecule has 0 radical (unpaired) electrons. The third kappa shape index (κ3) is 5.11. The van der Waals surface area contributed by atoms with Crippen LogP contribution in [0.2, 0.25) is 0 Å². The van der Waals surface area contributed by atoms with Gasteiger partial charge in [-0.3, -0.25) is 4.79 Å². The second-order valence-corrected chi connectivity index (χ2v) is 6.77. The van der Waals surface area contributed by atoms with Crippen molar-refractivity contribution in [1.82, 2.24) is 10.6 Å². The summed E-state index contributed by atoms with van der Waals surface area (Å²) in [6.07, 6.45) is 6.91. The Bertz CT molecular complexity index is 289. The van der Waals surface area contributed by atoms with Gasteiger partial charge in [0.05, 0.1) is 6.10 Å². The van der Waals surface area contributed by atoms with Crippen LogP contribution in [-0.2, 0) is 9.53 Å². The molecule has 1 aliphatic heterocycles. The fourth-order valence-electron chi connectivity index (χ4n) is 2.97. The minimum absolute atomic E-state index is 0.0586. The van der Waals surface area contributed by atoms with E-state index in [2.05, 4.69) is 24.5 Å². The van der Waals surface area contributed by atoms with E-state index in [9.17, 15) is 4.79 Å². The second-order valence-electron chi connectivity index (χ2n) is 6.77. The third-order valence-corrected chi connectivity index (χ3v) is 4.44. The smallest absolute Gasteiger partial charge is 0.246 e. The van der Waals surface area contributed by atoms with Crippen molar-refractivity contribution in [2.75, 3.05) is 19.7 Å². The molecule has 1 saturated heterocycles. The van der Waals surface area contributed by atoms with Gasteiger partial charge in [-0.05, 0) is 57.0 Å². The first-order chi connectivity index (χ1) is 9.05. The van der Waals surface area contributed by atoms with Gasteiger partial charge in [-0.25, -0.2) is 0 Å². The van der Waals surface area contributed by atoms with Crippen molar-refractivity contribution in [3.05, 3.63) is 0 Å². The summed E-state index contributed by atoms with van der Waals surface area (Å²) in [6, 6.07) is 0.358. The number of piperidine rings is 1. The Labute approximate surface area is 116 Å². The van der Waals surface area contributed by atoms with E-state index in [1.807, 2.05) is 0 Å². The van der Waals surface area contributed by atoms with Crippen LogP contribution < -0.4 is 10.6 Å². The van der Waals surface area contributed by atoms with Crippen LogP contribution in [0.5, 0.6) is 0 Å². The molecule has 4 heteroatoms. The number of nitrogens with one attached hydrogen (secondary N) is 2. The standard InChI is InChI=1S/C15H28N2O2/c1-15(2)7-3-12(4-8-15)17-14(18)11-19-13-5-9-16-10-6-13/h12-13,16H,3-11H2,1-2H3,(H,17,18). The lowest BCUT2D eigenvalue weighted by atomic mass is 9.75. The molecule has 0 atom stereocenters. The molecule has 1 heterocycles. The van der Waals surface area contributed by atoms with Crippen molar-refractivity contribution in [1.29, 1.82) is 0 Å².